The van der Waals surface area contributed by atoms with Crippen molar-refractivity contribution in [2.45, 2.75) is 40.5 Å². The standard InChI is InChI=1S/C38H38N2O4/c1-25(2)23-43-21-19-27-9-13-29(14-10-27)39-33-17-18-34(36-35(33)37(41)31-7-5-6-8-32(31)38(36)42)40-30-15-11-28(12-16-30)20-22-44-24-26(3)4/h5-18,23-24,39-40H,19-22H2,1-4H3. The van der Waals surface area contributed by atoms with Gasteiger partial charge in [0.25, 0.3) is 0 Å². The van der Waals surface area contributed by atoms with Gasteiger partial charge in [0.2, 0.25) is 0 Å². The van der Waals surface area contributed by atoms with E-state index in [9.17, 15) is 9.59 Å². The van der Waals surface area contributed by atoms with Gasteiger partial charge in [-0.3, -0.25) is 9.59 Å². The lowest BCUT2D eigenvalue weighted by Gasteiger charge is -2.24. The van der Waals surface area contributed by atoms with Gasteiger partial charge in [-0.1, -0.05) is 48.5 Å². The van der Waals surface area contributed by atoms with E-state index >= 15 is 0 Å². The first-order valence-electron chi connectivity index (χ1n) is 14.9. The van der Waals surface area contributed by atoms with Crippen molar-refractivity contribution in [1.82, 2.24) is 0 Å². The van der Waals surface area contributed by atoms with Crippen molar-refractivity contribution in [2.24, 2.45) is 0 Å². The van der Waals surface area contributed by atoms with Crippen LogP contribution in [0.3, 0.4) is 0 Å². The van der Waals surface area contributed by atoms with Crippen molar-refractivity contribution >= 4 is 34.3 Å². The van der Waals surface area contributed by atoms with E-state index < -0.39 is 0 Å². The van der Waals surface area contributed by atoms with Gasteiger partial charge in [0.15, 0.2) is 11.6 Å². The van der Waals surface area contributed by atoms with Crippen molar-refractivity contribution in [3.8, 4) is 0 Å². The molecule has 0 saturated carbocycles. The minimum atomic E-state index is -0.180. The number of hydrogen-bond acceptors (Lipinski definition) is 6. The third kappa shape index (κ3) is 7.27. The summed E-state index contributed by atoms with van der Waals surface area (Å²) in [5, 5.41) is 6.79. The highest BCUT2D eigenvalue weighted by Gasteiger charge is 2.34. The highest BCUT2D eigenvalue weighted by Crippen LogP contribution is 2.38. The van der Waals surface area contributed by atoms with Crippen molar-refractivity contribution in [3.05, 3.63) is 142 Å². The van der Waals surface area contributed by atoms with Crippen LogP contribution in [-0.4, -0.2) is 24.8 Å². The Labute approximate surface area is 259 Å². The minimum absolute atomic E-state index is 0.180. The molecule has 0 amide bonds. The van der Waals surface area contributed by atoms with E-state index in [0.29, 0.717) is 46.8 Å². The van der Waals surface area contributed by atoms with E-state index in [1.54, 1.807) is 36.8 Å². The molecule has 6 heteroatoms. The summed E-state index contributed by atoms with van der Waals surface area (Å²) in [5.74, 6) is -0.359. The van der Waals surface area contributed by atoms with E-state index in [4.69, 9.17) is 9.47 Å². The molecule has 0 atom stereocenters. The Balaban J connectivity index is 1.39. The molecule has 44 heavy (non-hydrogen) atoms. The molecule has 1 aliphatic carbocycles. The van der Waals surface area contributed by atoms with Crippen LogP contribution in [0.1, 0.15) is 70.7 Å². The summed E-state index contributed by atoms with van der Waals surface area (Å²) in [6, 6.07) is 26.8. The van der Waals surface area contributed by atoms with Crippen LogP contribution in [0.15, 0.2) is 109 Å². The van der Waals surface area contributed by atoms with Crippen LogP contribution in [0.2, 0.25) is 0 Å². The van der Waals surface area contributed by atoms with Gasteiger partial charge in [0, 0.05) is 35.3 Å². The third-order valence-electron chi connectivity index (χ3n) is 7.20. The number of benzene rings is 4. The van der Waals surface area contributed by atoms with Crippen LogP contribution in [0.5, 0.6) is 0 Å². The summed E-state index contributed by atoms with van der Waals surface area (Å²) >= 11 is 0. The summed E-state index contributed by atoms with van der Waals surface area (Å²) < 4.78 is 11.1. The Bertz CT molecular complexity index is 1580. The molecular formula is C38H38N2O4. The molecule has 6 nitrogen and oxygen atoms in total. The van der Waals surface area contributed by atoms with Gasteiger partial charge < -0.3 is 20.1 Å². The molecule has 0 heterocycles. The quantitative estimate of drug-likeness (QED) is 0.112. The van der Waals surface area contributed by atoms with Crippen molar-refractivity contribution in [3.63, 3.8) is 0 Å². The number of carbonyl (C=O) groups excluding carboxylic acids is 2. The molecule has 1 aliphatic rings. The fraction of sp³-hybridized carbons (Fsp3) is 0.211. The number of ether oxygens (including phenoxy) is 2. The van der Waals surface area contributed by atoms with Crippen LogP contribution in [-0.2, 0) is 22.3 Å². The maximum Gasteiger partial charge on any atom is 0.196 e. The Morgan fingerprint density at radius 2 is 0.955 bits per heavy atom. The Hall–Kier alpha value is -5.10. The first kappa shape index (κ1) is 30.4. The Morgan fingerprint density at radius 1 is 0.568 bits per heavy atom. The number of rotatable bonds is 12. The number of hydrogen-bond donors (Lipinski definition) is 2. The van der Waals surface area contributed by atoms with E-state index in [-0.39, 0.29) is 11.6 Å². The molecule has 0 fully saturated rings. The van der Waals surface area contributed by atoms with Gasteiger partial charge in [-0.05, 0) is 86.4 Å². The molecule has 0 aromatic heterocycles. The zero-order valence-electron chi connectivity index (χ0n) is 25.7. The van der Waals surface area contributed by atoms with Crippen LogP contribution >= 0.6 is 0 Å². The van der Waals surface area contributed by atoms with E-state index in [1.807, 2.05) is 88.4 Å². The lowest BCUT2D eigenvalue weighted by atomic mass is 9.82. The number of allylic oxidation sites excluding steroid dienone is 2. The SMILES string of the molecule is CC(C)=COCCc1ccc(Nc2ccc(Nc3ccc(CCOC=C(C)C)cc3)c3c2C(=O)c2ccccc2C3=O)cc1. The lowest BCUT2D eigenvalue weighted by molar-refractivity contribution is 0.0980. The topological polar surface area (TPSA) is 76.7 Å². The molecule has 2 N–H and O–H groups in total. The predicted octanol–water partition coefficient (Wildman–Crippen LogP) is 8.91. The average molecular weight is 587 g/mol. The first-order valence-corrected chi connectivity index (χ1v) is 14.9. The van der Waals surface area contributed by atoms with Crippen molar-refractivity contribution in [1.29, 1.82) is 0 Å². The monoisotopic (exact) mass is 586 g/mol. The molecule has 0 saturated heterocycles. The number of ketones is 2. The molecule has 4 aromatic carbocycles. The van der Waals surface area contributed by atoms with Crippen LogP contribution < -0.4 is 10.6 Å². The van der Waals surface area contributed by atoms with Gasteiger partial charge in [-0.2, -0.15) is 0 Å². The maximum atomic E-state index is 13.9. The molecule has 0 spiro atoms. The van der Waals surface area contributed by atoms with Crippen LogP contribution in [0.25, 0.3) is 0 Å². The smallest absolute Gasteiger partial charge is 0.196 e. The first-order chi connectivity index (χ1) is 21.3. The highest BCUT2D eigenvalue weighted by atomic mass is 16.5. The van der Waals surface area contributed by atoms with Gasteiger partial charge in [0.05, 0.1) is 48.2 Å². The van der Waals surface area contributed by atoms with Gasteiger partial charge in [-0.15, -0.1) is 0 Å². The van der Waals surface area contributed by atoms with Gasteiger partial charge in [-0.25, -0.2) is 0 Å². The second kappa shape index (κ2) is 13.9. The summed E-state index contributed by atoms with van der Waals surface area (Å²) in [6.45, 7) is 9.21. The Morgan fingerprint density at radius 3 is 1.32 bits per heavy atom. The average Bonchev–Trinajstić information content (AvgIpc) is 3.02. The molecule has 0 bridgehead atoms. The fourth-order valence-electron chi connectivity index (χ4n) is 5.06. The zero-order chi connectivity index (χ0) is 31.1. The van der Waals surface area contributed by atoms with Crippen molar-refractivity contribution in [2.75, 3.05) is 23.8 Å². The van der Waals surface area contributed by atoms with Crippen LogP contribution in [0, 0.1) is 0 Å². The van der Waals surface area contributed by atoms with E-state index in [2.05, 4.69) is 10.6 Å². The predicted molar refractivity (Wildman–Crippen MR) is 177 cm³/mol. The van der Waals surface area contributed by atoms with Crippen molar-refractivity contribution < 1.29 is 19.1 Å². The van der Waals surface area contributed by atoms with Gasteiger partial charge >= 0.3 is 0 Å². The third-order valence-corrected chi connectivity index (χ3v) is 7.20. The van der Waals surface area contributed by atoms with Gasteiger partial charge in [0.1, 0.15) is 0 Å². The highest BCUT2D eigenvalue weighted by molar-refractivity contribution is 6.32. The molecule has 4 aromatic rings. The summed E-state index contributed by atoms with van der Waals surface area (Å²) in [6.07, 6.45) is 5.11. The second-order valence-electron chi connectivity index (χ2n) is 11.4. The zero-order valence-corrected chi connectivity index (χ0v) is 25.7. The molecule has 0 radical (unpaired) electrons. The maximum absolute atomic E-state index is 13.9. The summed E-state index contributed by atoms with van der Waals surface area (Å²) in [4.78, 5) is 27.8. The lowest BCUT2D eigenvalue weighted by Crippen LogP contribution is -2.23. The minimum Gasteiger partial charge on any atom is -0.501 e. The molecule has 224 valence electrons. The molecule has 0 aliphatic heterocycles. The molecular weight excluding hydrogens is 548 g/mol. The Kier molecular flexibility index (Phi) is 9.60. The normalized spacial score (nSPS) is 11.6. The number of anilines is 4. The summed E-state index contributed by atoms with van der Waals surface area (Å²) in [7, 11) is 0. The van der Waals surface area contributed by atoms with Crippen LogP contribution in [0.4, 0.5) is 22.7 Å². The number of nitrogens with one attached hydrogen (secondary N) is 2. The summed E-state index contributed by atoms with van der Waals surface area (Å²) in [5.41, 5.74) is 8.92. The number of fused-ring (bicyclic) bond motifs is 2. The number of carbonyl (C=O) groups is 2. The molecule has 5 rings (SSSR count). The van der Waals surface area contributed by atoms with E-state index in [0.717, 1.165) is 46.5 Å². The second-order valence-corrected chi connectivity index (χ2v) is 11.4. The molecule has 0 unspecified atom stereocenters. The largest absolute Gasteiger partial charge is 0.501 e. The fourth-order valence-corrected chi connectivity index (χ4v) is 5.06. The van der Waals surface area contributed by atoms with E-state index in [1.165, 1.54) is 0 Å².